The van der Waals surface area contributed by atoms with Crippen LogP contribution in [0.25, 0.3) is 11.0 Å². The molecule has 1 aliphatic heterocycles. The number of hydrogen-bond acceptors (Lipinski definition) is 7. The highest BCUT2D eigenvalue weighted by atomic mass is 32.2. The number of nitrogens with zero attached hydrogens (tertiary/aromatic N) is 5. The molecule has 3 aromatic heterocycles. The minimum atomic E-state index is -3.85. The number of anilines is 1. The van der Waals surface area contributed by atoms with Crippen LogP contribution in [0.5, 0.6) is 0 Å². The molecule has 0 aliphatic carbocycles. The highest BCUT2D eigenvalue weighted by Gasteiger charge is 2.39. The molecule has 4 heterocycles. The zero-order valence-corrected chi connectivity index (χ0v) is 21.7. The number of halogens is 3. The Morgan fingerprint density at radius 3 is 2.42 bits per heavy atom. The number of hydrogen-bond donors (Lipinski definition) is 1. The quantitative estimate of drug-likeness (QED) is 0.367. The van der Waals surface area contributed by atoms with E-state index in [1.54, 1.807) is 42.2 Å². The number of alkyl halides is 2. The molecule has 0 spiro atoms. The van der Waals surface area contributed by atoms with E-state index in [1.165, 1.54) is 18.7 Å². The average Bonchev–Trinajstić information content (AvgIpc) is 3.31. The van der Waals surface area contributed by atoms with Crippen LogP contribution in [-0.4, -0.2) is 57.9 Å². The summed E-state index contributed by atoms with van der Waals surface area (Å²) in [5.41, 5.74) is 0.837. The van der Waals surface area contributed by atoms with Crippen molar-refractivity contribution in [3.05, 3.63) is 77.8 Å². The number of rotatable bonds is 7. The Morgan fingerprint density at radius 2 is 1.74 bits per heavy atom. The molecule has 1 N–H and O–H groups in total. The minimum Gasteiger partial charge on any atom is -0.367 e. The maximum atomic E-state index is 14.8. The summed E-state index contributed by atoms with van der Waals surface area (Å²) in [4.78, 5) is 13.9. The zero-order chi connectivity index (χ0) is 27.1. The molecule has 0 bridgehead atoms. The van der Waals surface area contributed by atoms with Crippen molar-refractivity contribution in [1.82, 2.24) is 23.8 Å². The Labute approximate surface area is 218 Å². The van der Waals surface area contributed by atoms with Crippen molar-refractivity contribution in [3.8, 4) is 0 Å². The molecule has 8 nitrogen and oxygen atoms in total. The van der Waals surface area contributed by atoms with Crippen LogP contribution in [0.1, 0.15) is 29.7 Å². The first-order chi connectivity index (χ1) is 18.0. The molecule has 12 heteroatoms. The van der Waals surface area contributed by atoms with Gasteiger partial charge in [-0.2, -0.15) is 8.78 Å². The summed E-state index contributed by atoms with van der Waals surface area (Å²) in [7, 11) is -3.85. The second-order valence-electron chi connectivity index (χ2n) is 9.63. The first-order valence-corrected chi connectivity index (χ1v) is 13.6. The topological polar surface area (TPSA) is 93.0 Å². The molecule has 0 radical (unpaired) electrons. The predicted octanol–water partition coefficient (Wildman–Crippen LogP) is 4.49. The first-order valence-electron chi connectivity index (χ1n) is 12.2. The average molecular weight is 545 g/mol. The first kappa shape index (κ1) is 26.1. The Bertz CT molecular complexity index is 1570. The zero-order valence-electron chi connectivity index (χ0n) is 20.9. The van der Waals surface area contributed by atoms with Gasteiger partial charge in [-0.1, -0.05) is 17.7 Å². The Kier molecular flexibility index (Phi) is 6.86. The van der Waals surface area contributed by atoms with Gasteiger partial charge in [-0.3, -0.25) is 9.88 Å². The molecule has 0 saturated carbocycles. The standard InChI is InChI=1S/C26H27F3N6O2S/c1-17-3-5-20(6-4-17)38(36,37)35-12-9-21-24(31-16-32-25(21)35)33-19-7-10-34(11-8-19)15-26(28,29)23-22(27)13-18(2)14-30-23/h3-6,9,12-14,16,19H,7-8,10-11,15H2,1-2H3,(H,31,32,33). The van der Waals surface area contributed by atoms with Crippen molar-refractivity contribution < 1.29 is 21.6 Å². The third kappa shape index (κ3) is 5.10. The summed E-state index contributed by atoms with van der Waals surface area (Å²) >= 11 is 0. The maximum absolute atomic E-state index is 14.8. The highest BCUT2D eigenvalue weighted by Crippen LogP contribution is 2.31. The maximum Gasteiger partial charge on any atom is 0.304 e. The van der Waals surface area contributed by atoms with E-state index in [0.29, 0.717) is 42.7 Å². The lowest BCUT2D eigenvalue weighted by atomic mass is 10.0. The number of aryl methyl sites for hydroxylation is 2. The van der Waals surface area contributed by atoms with E-state index in [2.05, 4.69) is 20.3 Å². The summed E-state index contributed by atoms with van der Waals surface area (Å²) in [6.45, 7) is 3.60. The summed E-state index contributed by atoms with van der Waals surface area (Å²) in [5.74, 6) is -3.94. The number of pyridine rings is 1. The number of likely N-dealkylation sites (tertiary alicyclic amines) is 1. The normalized spacial score (nSPS) is 15.7. The van der Waals surface area contributed by atoms with Crippen LogP contribution in [0.2, 0.25) is 0 Å². The fourth-order valence-electron chi connectivity index (χ4n) is 4.65. The Morgan fingerprint density at radius 1 is 1.03 bits per heavy atom. The smallest absolute Gasteiger partial charge is 0.304 e. The van der Waals surface area contributed by atoms with Crippen LogP contribution >= 0.6 is 0 Å². The lowest BCUT2D eigenvalue weighted by Crippen LogP contribution is -2.44. The third-order valence-corrected chi connectivity index (χ3v) is 8.38. The summed E-state index contributed by atoms with van der Waals surface area (Å²) in [5, 5.41) is 3.86. The SMILES string of the molecule is Cc1ccc(S(=O)(=O)n2ccc3c(NC4CCN(CC(F)(F)c5ncc(C)cc5F)CC4)ncnc32)cc1. The van der Waals surface area contributed by atoms with Gasteiger partial charge in [0.2, 0.25) is 0 Å². The molecule has 200 valence electrons. The predicted molar refractivity (Wildman–Crippen MR) is 137 cm³/mol. The Balaban J connectivity index is 1.27. The highest BCUT2D eigenvalue weighted by molar-refractivity contribution is 7.90. The summed E-state index contributed by atoms with van der Waals surface area (Å²) < 4.78 is 71.2. The van der Waals surface area contributed by atoms with E-state index >= 15 is 0 Å². The second-order valence-corrected chi connectivity index (χ2v) is 11.4. The molecule has 1 aliphatic rings. The van der Waals surface area contributed by atoms with Gasteiger partial charge in [-0.25, -0.2) is 26.7 Å². The molecule has 1 fully saturated rings. The Hall–Kier alpha value is -3.51. The summed E-state index contributed by atoms with van der Waals surface area (Å²) in [6, 6.07) is 9.21. The van der Waals surface area contributed by atoms with Crippen LogP contribution in [0.4, 0.5) is 19.0 Å². The number of fused-ring (bicyclic) bond motifs is 1. The van der Waals surface area contributed by atoms with Gasteiger partial charge in [0.1, 0.15) is 17.8 Å². The third-order valence-electron chi connectivity index (χ3n) is 6.70. The van der Waals surface area contributed by atoms with Gasteiger partial charge >= 0.3 is 5.92 Å². The van der Waals surface area contributed by atoms with Gasteiger partial charge in [0, 0.05) is 31.5 Å². The van der Waals surface area contributed by atoms with E-state index in [9.17, 15) is 21.6 Å². The van der Waals surface area contributed by atoms with Crippen molar-refractivity contribution >= 4 is 26.9 Å². The molecule has 0 amide bonds. The van der Waals surface area contributed by atoms with Gasteiger partial charge in [-0.15, -0.1) is 0 Å². The number of nitrogens with one attached hydrogen (secondary N) is 1. The van der Waals surface area contributed by atoms with Crippen molar-refractivity contribution in [3.63, 3.8) is 0 Å². The lowest BCUT2D eigenvalue weighted by Gasteiger charge is -2.34. The molecule has 0 unspecified atom stereocenters. The van der Waals surface area contributed by atoms with Crippen LogP contribution in [0.3, 0.4) is 0 Å². The largest absolute Gasteiger partial charge is 0.367 e. The molecule has 1 aromatic carbocycles. The lowest BCUT2D eigenvalue weighted by molar-refractivity contribution is -0.0486. The van der Waals surface area contributed by atoms with Gasteiger partial charge in [-0.05, 0) is 56.5 Å². The van der Waals surface area contributed by atoms with Gasteiger partial charge in [0.25, 0.3) is 10.0 Å². The van der Waals surface area contributed by atoms with E-state index in [0.717, 1.165) is 15.6 Å². The van der Waals surface area contributed by atoms with E-state index in [1.807, 2.05) is 6.92 Å². The fraction of sp³-hybridized carbons (Fsp3) is 0.346. The number of aromatic nitrogens is 4. The van der Waals surface area contributed by atoms with Crippen molar-refractivity contribution in [2.24, 2.45) is 0 Å². The minimum absolute atomic E-state index is 0.0655. The van der Waals surface area contributed by atoms with E-state index < -0.39 is 34.0 Å². The monoisotopic (exact) mass is 544 g/mol. The van der Waals surface area contributed by atoms with E-state index in [4.69, 9.17) is 0 Å². The van der Waals surface area contributed by atoms with Crippen LogP contribution < -0.4 is 5.32 Å². The van der Waals surface area contributed by atoms with Gasteiger partial charge in [0.15, 0.2) is 11.5 Å². The second kappa shape index (κ2) is 9.99. The molecule has 5 rings (SSSR count). The van der Waals surface area contributed by atoms with Crippen molar-refractivity contribution in [2.45, 2.75) is 43.5 Å². The van der Waals surface area contributed by atoms with Crippen molar-refractivity contribution in [1.29, 1.82) is 0 Å². The van der Waals surface area contributed by atoms with Gasteiger partial charge < -0.3 is 5.32 Å². The fourth-order valence-corrected chi connectivity index (χ4v) is 5.95. The van der Waals surface area contributed by atoms with Crippen molar-refractivity contribution in [2.75, 3.05) is 25.0 Å². The van der Waals surface area contributed by atoms with Crippen LogP contribution in [-0.2, 0) is 15.9 Å². The number of benzene rings is 1. The van der Waals surface area contributed by atoms with Crippen LogP contribution in [0.15, 0.2) is 60.0 Å². The molecule has 4 aromatic rings. The number of piperidine rings is 1. The molecule has 0 atom stereocenters. The van der Waals surface area contributed by atoms with Gasteiger partial charge in [0.05, 0.1) is 16.8 Å². The summed E-state index contributed by atoms with van der Waals surface area (Å²) in [6.07, 6.45) is 5.08. The molecule has 38 heavy (non-hydrogen) atoms. The van der Waals surface area contributed by atoms with Crippen LogP contribution in [0, 0.1) is 19.7 Å². The molecular formula is C26H27F3N6O2S. The molecular weight excluding hydrogens is 517 g/mol. The van der Waals surface area contributed by atoms with E-state index in [-0.39, 0.29) is 16.6 Å². The molecule has 1 saturated heterocycles.